The molecule has 2 aromatic heterocycles. The van der Waals surface area contributed by atoms with Gasteiger partial charge in [0.1, 0.15) is 5.82 Å². The van der Waals surface area contributed by atoms with E-state index in [9.17, 15) is 0 Å². The summed E-state index contributed by atoms with van der Waals surface area (Å²) in [6.07, 6.45) is 2.62. The molecule has 0 bridgehead atoms. The lowest BCUT2D eigenvalue weighted by Gasteiger charge is -2.06. The monoisotopic (exact) mass is 234 g/mol. The number of nitrogens with zero attached hydrogens (tertiary/aromatic N) is 2. The van der Waals surface area contributed by atoms with Crippen LogP contribution in [0.25, 0.3) is 0 Å². The summed E-state index contributed by atoms with van der Waals surface area (Å²) in [5.41, 5.74) is 7.56. The second-order valence-corrected chi connectivity index (χ2v) is 4.54. The van der Waals surface area contributed by atoms with Gasteiger partial charge in [-0.1, -0.05) is 0 Å². The maximum Gasteiger partial charge on any atom is 0.149 e. The maximum atomic E-state index is 5.77. The standard InChI is InChI=1S/C11H14N4S/c1-8-15-9(7-16-8)4-6-14-11-10(12)3-2-5-13-11/h2-3,5,7H,4,6,12H2,1H3,(H,13,14). The summed E-state index contributed by atoms with van der Waals surface area (Å²) in [4.78, 5) is 8.55. The van der Waals surface area contributed by atoms with Gasteiger partial charge in [0.15, 0.2) is 0 Å². The predicted molar refractivity (Wildman–Crippen MR) is 67.7 cm³/mol. The van der Waals surface area contributed by atoms with E-state index in [0.717, 1.165) is 29.5 Å². The first-order valence-electron chi connectivity index (χ1n) is 5.11. The van der Waals surface area contributed by atoms with Crippen molar-refractivity contribution < 1.29 is 0 Å². The Morgan fingerprint density at radius 3 is 3.06 bits per heavy atom. The molecular formula is C11H14N4S. The van der Waals surface area contributed by atoms with Gasteiger partial charge in [0.05, 0.1) is 16.4 Å². The van der Waals surface area contributed by atoms with E-state index >= 15 is 0 Å². The molecule has 5 heteroatoms. The quantitative estimate of drug-likeness (QED) is 0.850. The molecular weight excluding hydrogens is 220 g/mol. The smallest absolute Gasteiger partial charge is 0.149 e. The van der Waals surface area contributed by atoms with Crippen LogP contribution in [-0.2, 0) is 6.42 Å². The van der Waals surface area contributed by atoms with E-state index in [1.54, 1.807) is 17.5 Å². The van der Waals surface area contributed by atoms with Gasteiger partial charge in [-0.2, -0.15) is 0 Å². The molecule has 3 N–H and O–H groups in total. The third-order valence-electron chi connectivity index (χ3n) is 2.18. The highest BCUT2D eigenvalue weighted by Gasteiger charge is 2.00. The number of thiazole rings is 1. The zero-order chi connectivity index (χ0) is 11.4. The number of nitrogen functional groups attached to an aromatic ring is 1. The van der Waals surface area contributed by atoms with Crippen molar-refractivity contribution in [3.05, 3.63) is 34.4 Å². The van der Waals surface area contributed by atoms with Crippen molar-refractivity contribution in [3.63, 3.8) is 0 Å². The molecule has 2 rings (SSSR count). The number of hydrogen-bond acceptors (Lipinski definition) is 5. The van der Waals surface area contributed by atoms with Gasteiger partial charge >= 0.3 is 0 Å². The van der Waals surface area contributed by atoms with Crippen molar-refractivity contribution in [3.8, 4) is 0 Å². The van der Waals surface area contributed by atoms with Crippen molar-refractivity contribution in [2.75, 3.05) is 17.6 Å². The summed E-state index contributed by atoms with van der Waals surface area (Å²) in [6.45, 7) is 2.81. The first kappa shape index (κ1) is 10.9. The molecule has 0 aliphatic carbocycles. The summed E-state index contributed by atoms with van der Waals surface area (Å²) in [6, 6.07) is 3.66. The minimum absolute atomic E-state index is 0.678. The lowest BCUT2D eigenvalue weighted by Crippen LogP contribution is -2.08. The first-order chi connectivity index (χ1) is 7.75. The van der Waals surface area contributed by atoms with Gasteiger partial charge < -0.3 is 11.1 Å². The van der Waals surface area contributed by atoms with Crippen LogP contribution in [0.15, 0.2) is 23.7 Å². The minimum atomic E-state index is 0.678. The Bertz CT molecular complexity index is 467. The molecule has 84 valence electrons. The number of pyridine rings is 1. The molecule has 0 atom stereocenters. The number of nitrogens with two attached hydrogens (primary N) is 1. The summed E-state index contributed by atoms with van der Waals surface area (Å²) in [5.74, 6) is 0.745. The third kappa shape index (κ3) is 2.70. The SMILES string of the molecule is Cc1nc(CCNc2ncccc2N)cs1. The molecule has 0 saturated heterocycles. The van der Waals surface area contributed by atoms with Crippen molar-refractivity contribution >= 4 is 22.8 Å². The van der Waals surface area contributed by atoms with Gasteiger partial charge in [-0.05, 0) is 19.1 Å². The van der Waals surface area contributed by atoms with Gasteiger partial charge in [0.2, 0.25) is 0 Å². The fraction of sp³-hybridized carbons (Fsp3) is 0.273. The van der Waals surface area contributed by atoms with Crippen molar-refractivity contribution in [1.29, 1.82) is 0 Å². The number of rotatable bonds is 4. The Morgan fingerprint density at radius 1 is 1.50 bits per heavy atom. The summed E-state index contributed by atoms with van der Waals surface area (Å²) in [7, 11) is 0. The molecule has 16 heavy (non-hydrogen) atoms. The highest BCUT2D eigenvalue weighted by atomic mass is 32.1. The predicted octanol–water partition coefficient (Wildman–Crippen LogP) is 2.08. The minimum Gasteiger partial charge on any atom is -0.396 e. The Labute approximate surface area is 98.6 Å². The van der Waals surface area contributed by atoms with Gasteiger partial charge in [-0.25, -0.2) is 9.97 Å². The maximum absolute atomic E-state index is 5.77. The Kier molecular flexibility index (Phi) is 3.36. The molecule has 0 aliphatic rings. The number of aromatic nitrogens is 2. The van der Waals surface area contributed by atoms with E-state index in [-0.39, 0.29) is 0 Å². The van der Waals surface area contributed by atoms with Crippen molar-refractivity contribution in [2.45, 2.75) is 13.3 Å². The average molecular weight is 234 g/mol. The Morgan fingerprint density at radius 2 is 2.38 bits per heavy atom. The van der Waals surface area contributed by atoms with E-state index in [1.165, 1.54) is 0 Å². The molecule has 0 unspecified atom stereocenters. The molecule has 4 nitrogen and oxygen atoms in total. The van der Waals surface area contributed by atoms with Crippen LogP contribution in [0.5, 0.6) is 0 Å². The number of nitrogens with one attached hydrogen (secondary N) is 1. The zero-order valence-corrected chi connectivity index (χ0v) is 9.92. The van der Waals surface area contributed by atoms with E-state index in [4.69, 9.17) is 5.73 Å². The van der Waals surface area contributed by atoms with Crippen LogP contribution in [0.1, 0.15) is 10.7 Å². The van der Waals surface area contributed by atoms with Crippen LogP contribution in [0.2, 0.25) is 0 Å². The summed E-state index contributed by atoms with van der Waals surface area (Å²) >= 11 is 1.67. The van der Waals surface area contributed by atoms with Gasteiger partial charge in [0, 0.05) is 24.5 Å². The average Bonchev–Trinajstić information content (AvgIpc) is 2.67. The highest BCUT2D eigenvalue weighted by Crippen LogP contribution is 2.13. The van der Waals surface area contributed by atoms with Crippen LogP contribution >= 0.6 is 11.3 Å². The van der Waals surface area contributed by atoms with Crippen LogP contribution < -0.4 is 11.1 Å². The van der Waals surface area contributed by atoms with Crippen LogP contribution in [0.3, 0.4) is 0 Å². The molecule has 0 radical (unpaired) electrons. The topological polar surface area (TPSA) is 63.8 Å². The summed E-state index contributed by atoms with van der Waals surface area (Å²) < 4.78 is 0. The van der Waals surface area contributed by atoms with Crippen molar-refractivity contribution in [2.24, 2.45) is 0 Å². The van der Waals surface area contributed by atoms with E-state index in [1.807, 2.05) is 19.1 Å². The van der Waals surface area contributed by atoms with Crippen LogP contribution in [0, 0.1) is 6.92 Å². The lowest BCUT2D eigenvalue weighted by molar-refractivity contribution is 0.961. The Hall–Kier alpha value is -1.62. The van der Waals surface area contributed by atoms with Crippen LogP contribution in [-0.4, -0.2) is 16.5 Å². The second kappa shape index (κ2) is 4.94. The van der Waals surface area contributed by atoms with Gasteiger partial charge in [-0.3, -0.25) is 0 Å². The molecule has 0 aromatic carbocycles. The number of anilines is 2. The lowest BCUT2D eigenvalue weighted by atomic mass is 10.3. The zero-order valence-electron chi connectivity index (χ0n) is 9.10. The van der Waals surface area contributed by atoms with Crippen molar-refractivity contribution in [1.82, 2.24) is 9.97 Å². The largest absolute Gasteiger partial charge is 0.396 e. The molecule has 0 fully saturated rings. The molecule has 0 saturated carbocycles. The van der Waals surface area contributed by atoms with Gasteiger partial charge in [-0.15, -0.1) is 11.3 Å². The normalized spacial score (nSPS) is 10.3. The molecule has 0 aliphatic heterocycles. The fourth-order valence-electron chi connectivity index (χ4n) is 1.40. The third-order valence-corrected chi connectivity index (χ3v) is 3.00. The van der Waals surface area contributed by atoms with Gasteiger partial charge in [0.25, 0.3) is 0 Å². The van der Waals surface area contributed by atoms with E-state index < -0.39 is 0 Å². The summed E-state index contributed by atoms with van der Waals surface area (Å²) in [5, 5.41) is 6.39. The number of hydrogen-bond donors (Lipinski definition) is 2. The Balaban J connectivity index is 1.87. The first-order valence-corrected chi connectivity index (χ1v) is 5.99. The van der Waals surface area contributed by atoms with E-state index in [0.29, 0.717) is 5.69 Å². The highest BCUT2D eigenvalue weighted by molar-refractivity contribution is 7.09. The fourth-order valence-corrected chi connectivity index (χ4v) is 2.04. The molecule has 0 amide bonds. The number of aryl methyl sites for hydroxylation is 1. The van der Waals surface area contributed by atoms with E-state index in [2.05, 4.69) is 20.7 Å². The molecule has 0 spiro atoms. The van der Waals surface area contributed by atoms with Crippen LogP contribution in [0.4, 0.5) is 11.5 Å². The molecule has 2 heterocycles. The second-order valence-electron chi connectivity index (χ2n) is 3.48. The molecule has 2 aromatic rings.